The number of hydrogen-bond donors (Lipinski definition) is 1. The average Bonchev–Trinajstić information content (AvgIpc) is 3.09. The molecular weight excluding hydrogens is 381 g/mol. The summed E-state index contributed by atoms with van der Waals surface area (Å²) in [6.07, 6.45) is -0.974. The third-order valence-corrected chi connectivity index (χ3v) is 5.77. The summed E-state index contributed by atoms with van der Waals surface area (Å²) < 4.78 is 38.6. The van der Waals surface area contributed by atoms with Gasteiger partial charge >= 0.3 is 6.18 Å². The van der Waals surface area contributed by atoms with E-state index in [2.05, 4.69) is 10.3 Å². The zero-order valence-electron chi connectivity index (χ0n) is 13.3. The Bertz CT molecular complexity index is 877. The Morgan fingerprint density at radius 2 is 1.77 bits per heavy atom. The molecule has 0 aliphatic carbocycles. The first-order valence-corrected chi connectivity index (χ1v) is 9.38. The Morgan fingerprint density at radius 1 is 1.08 bits per heavy atom. The fraction of sp³-hybridized carbons (Fsp3) is 0.111. The summed E-state index contributed by atoms with van der Waals surface area (Å²) in [6, 6.07) is 9.91. The van der Waals surface area contributed by atoms with E-state index in [9.17, 15) is 18.0 Å². The van der Waals surface area contributed by atoms with E-state index < -0.39 is 11.7 Å². The highest BCUT2D eigenvalue weighted by Crippen LogP contribution is 2.33. The van der Waals surface area contributed by atoms with E-state index in [1.54, 1.807) is 18.5 Å². The number of aromatic nitrogens is 1. The van der Waals surface area contributed by atoms with Crippen molar-refractivity contribution in [2.45, 2.75) is 16.1 Å². The lowest BCUT2D eigenvalue weighted by Gasteiger charge is -2.09. The minimum atomic E-state index is -4.40. The van der Waals surface area contributed by atoms with Crippen molar-refractivity contribution in [1.82, 2.24) is 4.98 Å². The fourth-order valence-corrected chi connectivity index (χ4v) is 4.18. The molecule has 0 aliphatic heterocycles. The molecule has 1 aromatic carbocycles. The van der Waals surface area contributed by atoms with Crippen LogP contribution in [0, 0.1) is 0 Å². The molecule has 0 aliphatic rings. The Morgan fingerprint density at radius 3 is 2.42 bits per heavy atom. The van der Waals surface area contributed by atoms with Crippen molar-refractivity contribution < 1.29 is 18.0 Å². The molecule has 0 spiro atoms. The fourth-order valence-electron chi connectivity index (χ4n) is 2.14. The van der Waals surface area contributed by atoms with Crippen LogP contribution in [0.15, 0.2) is 64.4 Å². The van der Waals surface area contributed by atoms with Gasteiger partial charge in [0.1, 0.15) is 0 Å². The van der Waals surface area contributed by atoms with E-state index in [0.717, 1.165) is 21.9 Å². The molecule has 2 heterocycles. The monoisotopic (exact) mass is 394 g/mol. The largest absolute Gasteiger partial charge is 0.416 e. The second kappa shape index (κ2) is 7.92. The molecule has 8 heteroatoms. The first kappa shape index (κ1) is 18.5. The number of nitrogens with zero attached hydrogens (tertiary/aromatic N) is 1. The molecule has 0 radical (unpaired) electrons. The SMILES string of the molecule is O=C(Nc1ccc(C(F)(F)F)cc1)c1ccsc1SCc1ccncc1. The highest BCUT2D eigenvalue weighted by Gasteiger charge is 2.30. The summed E-state index contributed by atoms with van der Waals surface area (Å²) in [7, 11) is 0. The third kappa shape index (κ3) is 4.64. The number of thioether (sulfide) groups is 1. The Labute approximate surface area is 156 Å². The van der Waals surface area contributed by atoms with Crippen molar-refractivity contribution in [2.24, 2.45) is 0 Å². The van der Waals surface area contributed by atoms with Crippen LogP contribution in [0.5, 0.6) is 0 Å². The highest BCUT2D eigenvalue weighted by atomic mass is 32.2. The van der Waals surface area contributed by atoms with Gasteiger partial charge in [0.2, 0.25) is 0 Å². The maximum atomic E-state index is 12.6. The molecule has 1 N–H and O–H groups in total. The Kier molecular flexibility index (Phi) is 5.63. The van der Waals surface area contributed by atoms with Gasteiger partial charge in [-0.3, -0.25) is 9.78 Å². The van der Waals surface area contributed by atoms with Gasteiger partial charge in [0.15, 0.2) is 0 Å². The van der Waals surface area contributed by atoms with Gasteiger partial charge in [-0.25, -0.2) is 0 Å². The summed E-state index contributed by atoms with van der Waals surface area (Å²) in [6.45, 7) is 0. The molecule has 1 amide bonds. The molecule has 0 unspecified atom stereocenters. The molecule has 134 valence electrons. The molecule has 3 rings (SSSR count). The molecule has 0 atom stereocenters. The molecule has 0 saturated heterocycles. The Balaban J connectivity index is 1.66. The number of anilines is 1. The van der Waals surface area contributed by atoms with E-state index in [4.69, 9.17) is 0 Å². The van der Waals surface area contributed by atoms with E-state index in [1.807, 2.05) is 17.5 Å². The number of amides is 1. The van der Waals surface area contributed by atoms with Gasteiger partial charge in [-0.1, -0.05) is 0 Å². The zero-order valence-corrected chi connectivity index (χ0v) is 14.9. The van der Waals surface area contributed by atoms with Crippen LogP contribution in [-0.2, 0) is 11.9 Å². The predicted octanol–water partition coefficient (Wildman–Crippen LogP) is 5.71. The minimum Gasteiger partial charge on any atom is -0.322 e. The van der Waals surface area contributed by atoms with Gasteiger partial charge in [0.05, 0.1) is 15.3 Å². The van der Waals surface area contributed by atoms with Crippen LogP contribution in [0.1, 0.15) is 21.5 Å². The topological polar surface area (TPSA) is 42.0 Å². The third-order valence-electron chi connectivity index (χ3n) is 3.46. The van der Waals surface area contributed by atoms with Gasteiger partial charge in [-0.2, -0.15) is 13.2 Å². The van der Waals surface area contributed by atoms with Crippen molar-refractivity contribution in [1.29, 1.82) is 0 Å². The number of benzene rings is 1. The summed E-state index contributed by atoms with van der Waals surface area (Å²) in [5, 5.41) is 4.45. The van der Waals surface area contributed by atoms with Gasteiger partial charge < -0.3 is 5.32 Å². The standard InChI is InChI=1S/C18H13F3N2OS2/c19-18(20,21)13-1-3-14(4-2-13)23-16(24)15-7-10-25-17(15)26-11-12-5-8-22-9-6-12/h1-10H,11H2,(H,23,24). The van der Waals surface area contributed by atoms with Crippen molar-refractivity contribution in [3.8, 4) is 0 Å². The van der Waals surface area contributed by atoms with Crippen molar-refractivity contribution in [3.63, 3.8) is 0 Å². The molecule has 0 fully saturated rings. The lowest BCUT2D eigenvalue weighted by Crippen LogP contribution is -2.12. The van der Waals surface area contributed by atoms with E-state index in [0.29, 0.717) is 17.0 Å². The zero-order chi connectivity index (χ0) is 18.6. The number of carbonyl (C=O) groups excluding carboxylic acids is 1. The van der Waals surface area contributed by atoms with E-state index >= 15 is 0 Å². The normalized spacial score (nSPS) is 11.3. The number of halogens is 3. The molecule has 2 aromatic heterocycles. The predicted molar refractivity (Wildman–Crippen MR) is 97.5 cm³/mol. The van der Waals surface area contributed by atoms with Crippen LogP contribution in [0.3, 0.4) is 0 Å². The number of hydrogen-bond acceptors (Lipinski definition) is 4. The van der Waals surface area contributed by atoms with Crippen LogP contribution in [0.2, 0.25) is 0 Å². The van der Waals surface area contributed by atoms with Crippen LogP contribution in [-0.4, -0.2) is 10.9 Å². The van der Waals surface area contributed by atoms with Gasteiger partial charge in [-0.15, -0.1) is 23.1 Å². The van der Waals surface area contributed by atoms with Crippen LogP contribution < -0.4 is 5.32 Å². The van der Waals surface area contributed by atoms with E-state index in [-0.39, 0.29) is 5.91 Å². The van der Waals surface area contributed by atoms with E-state index in [1.165, 1.54) is 35.2 Å². The molecule has 26 heavy (non-hydrogen) atoms. The number of carbonyl (C=O) groups is 1. The van der Waals surface area contributed by atoms with Crippen LogP contribution in [0.25, 0.3) is 0 Å². The van der Waals surface area contributed by atoms with Crippen molar-refractivity contribution in [2.75, 3.05) is 5.32 Å². The smallest absolute Gasteiger partial charge is 0.322 e. The van der Waals surface area contributed by atoms with Crippen molar-refractivity contribution >= 4 is 34.7 Å². The quantitative estimate of drug-likeness (QED) is 0.564. The summed E-state index contributed by atoms with van der Waals surface area (Å²) >= 11 is 2.98. The van der Waals surface area contributed by atoms with Crippen molar-refractivity contribution in [3.05, 3.63) is 76.9 Å². The van der Waals surface area contributed by atoms with Crippen LogP contribution >= 0.6 is 23.1 Å². The average molecular weight is 394 g/mol. The van der Waals surface area contributed by atoms with Gasteiger partial charge in [0.25, 0.3) is 5.91 Å². The highest BCUT2D eigenvalue weighted by molar-refractivity contribution is 8.00. The summed E-state index contributed by atoms with van der Waals surface area (Å²) in [4.78, 5) is 16.4. The maximum absolute atomic E-state index is 12.6. The second-order valence-electron chi connectivity index (χ2n) is 5.30. The van der Waals surface area contributed by atoms with Gasteiger partial charge in [-0.05, 0) is 53.4 Å². The number of thiophene rings is 1. The molecule has 3 nitrogen and oxygen atoms in total. The number of pyridine rings is 1. The van der Waals surface area contributed by atoms with Crippen LogP contribution in [0.4, 0.5) is 18.9 Å². The number of rotatable bonds is 5. The summed E-state index contributed by atoms with van der Waals surface area (Å²) in [5.41, 5.74) is 1.17. The first-order chi connectivity index (χ1) is 12.4. The molecule has 0 saturated carbocycles. The lowest BCUT2D eigenvalue weighted by molar-refractivity contribution is -0.137. The van der Waals surface area contributed by atoms with Gasteiger partial charge in [0, 0.05) is 23.8 Å². The minimum absolute atomic E-state index is 0.319. The Hall–Kier alpha value is -2.32. The molecule has 3 aromatic rings. The summed E-state index contributed by atoms with van der Waals surface area (Å²) in [5.74, 6) is 0.354. The number of alkyl halides is 3. The lowest BCUT2D eigenvalue weighted by atomic mass is 10.2. The second-order valence-corrected chi connectivity index (χ2v) is 7.46. The first-order valence-electron chi connectivity index (χ1n) is 7.51. The molecule has 0 bridgehead atoms. The maximum Gasteiger partial charge on any atom is 0.416 e. The molecular formula is C18H13F3N2OS2. The number of nitrogens with one attached hydrogen (secondary N) is 1.